The van der Waals surface area contributed by atoms with Crippen LogP contribution in [0.1, 0.15) is 38.3 Å². The van der Waals surface area contributed by atoms with E-state index >= 15 is 0 Å². The van der Waals surface area contributed by atoms with E-state index in [1.165, 1.54) is 5.56 Å². The fraction of sp³-hybridized carbons (Fsp3) is 0.467. The highest BCUT2D eigenvalue weighted by Gasteiger charge is 2.09. The van der Waals surface area contributed by atoms with Crippen molar-refractivity contribution in [2.75, 3.05) is 6.54 Å². The van der Waals surface area contributed by atoms with Crippen molar-refractivity contribution in [2.45, 2.75) is 32.7 Å². The van der Waals surface area contributed by atoms with E-state index in [2.05, 4.69) is 56.1 Å². The molecule has 0 amide bonds. The smallest absolute Gasteiger partial charge is 0.0323 e. The van der Waals surface area contributed by atoms with Gasteiger partial charge < -0.3 is 5.32 Å². The van der Waals surface area contributed by atoms with Crippen LogP contribution < -0.4 is 5.32 Å². The van der Waals surface area contributed by atoms with Gasteiger partial charge in [0.25, 0.3) is 0 Å². The molecule has 1 unspecified atom stereocenters. The lowest BCUT2D eigenvalue weighted by Crippen LogP contribution is -2.25. The van der Waals surface area contributed by atoms with E-state index in [0.717, 1.165) is 19.4 Å². The number of hydrogen-bond acceptors (Lipinski definition) is 1. The highest BCUT2D eigenvalue weighted by Crippen LogP contribution is 2.18. The predicted molar refractivity (Wildman–Crippen MR) is 71.5 cm³/mol. The van der Waals surface area contributed by atoms with E-state index < -0.39 is 0 Å². The summed E-state index contributed by atoms with van der Waals surface area (Å²) < 4.78 is 0. The molecule has 0 spiro atoms. The molecule has 0 aromatic heterocycles. The van der Waals surface area contributed by atoms with Gasteiger partial charge in [-0.05, 0) is 30.9 Å². The first-order chi connectivity index (χ1) is 7.74. The summed E-state index contributed by atoms with van der Waals surface area (Å²) in [6, 6.07) is 11.1. The first kappa shape index (κ1) is 13.0. The second kappa shape index (κ2) is 7.24. The molecule has 0 bridgehead atoms. The first-order valence-corrected chi connectivity index (χ1v) is 6.13. The summed E-state index contributed by atoms with van der Waals surface area (Å²) in [5, 5.41) is 3.62. The summed E-state index contributed by atoms with van der Waals surface area (Å²) in [5.74, 6) is 0.690. The third kappa shape index (κ3) is 4.63. The zero-order valence-electron chi connectivity index (χ0n) is 10.4. The molecule has 1 rings (SSSR count). The van der Waals surface area contributed by atoms with Crippen LogP contribution in [0, 0.1) is 5.92 Å². The molecule has 0 heterocycles. The van der Waals surface area contributed by atoms with Gasteiger partial charge in [-0.25, -0.2) is 0 Å². The van der Waals surface area contributed by atoms with Crippen LogP contribution in [0.15, 0.2) is 43.0 Å². The van der Waals surface area contributed by atoms with Gasteiger partial charge >= 0.3 is 0 Å². The molecule has 0 saturated carbocycles. The molecule has 1 heteroatoms. The predicted octanol–water partition coefficient (Wildman–Crippen LogP) is 3.94. The van der Waals surface area contributed by atoms with E-state index in [-0.39, 0.29) is 0 Å². The van der Waals surface area contributed by atoms with Crippen molar-refractivity contribution >= 4 is 0 Å². The summed E-state index contributed by atoms with van der Waals surface area (Å²) in [5.41, 5.74) is 1.38. The first-order valence-electron chi connectivity index (χ1n) is 6.13. The Labute approximate surface area is 99.6 Å². The van der Waals surface area contributed by atoms with Crippen molar-refractivity contribution in [1.29, 1.82) is 0 Å². The van der Waals surface area contributed by atoms with Gasteiger partial charge in [-0.2, -0.15) is 0 Å². The Morgan fingerprint density at radius 2 is 1.94 bits per heavy atom. The lowest BCUT2D eigenvalue weighted by Gasteiger charge is -2.20. The summed E-state index contributed by atoms with van der Waals surface area (Å²) in [4.78, 5) is 0. The summed E-state index contributed by atoms with van der Waals surface area (Å²) in [6.07, 6.45) is 4.18. The molecule has 0 radical (unpaired) electrons. The number of allylic oxidation sites excluding steroid dienone is 1. The Hall–Kier alpha value is -1.08. The maximum absolute atomic E-state index is 3.79. The summed E-state index contributed by atoms with van der Waals surface area (Å²) in [6.45, 7) is 9.34. The minimum Gasteiger partial charge on any atom is -0.310 e. The summed E-state index contributed by atoms with van der Waals surface area (Å²) >= 11 is 0. The number of benzene rings is 1. The molecule has 88 valence electrons. The monoisotopic (exact) mass is 217 g/mol. The van der Waals surface area contributed by atoms with Crippen molar-refractivity contribution in [3.05, 3.63) is 48.6 Å². The Kier molecular flexibility index (Phi) is 5.87. The van der Waals surface area contributed by atoms with Crippen LogP contribution in [-0.2, 0) is 0 Å². The third-order valence-electron chi connectivity index (χ3n) is 2.63. The van der Waals surface area contributed by atoms with Crippen molar-refractivity contribution in [3.8, 4) is 0 Å². The minimum absolute atomic E-state index is 0.460. The number of hydrogen-bond donors (Lipinski definition) is 1. The molecule has 0 aliphatic carbocycles. The van der Waals surface area contributed by atoms with Gasteiger partial charge in [0, 0.05) is 6.04 Å². The molecule has 1 aromatic rings. The molecule has 1 atom stereocenters. The average Bonchev–Trinajstić information content (AvgIpc) is 2.30. The molecule has 0 aliphatic heterocycles. The number of nitrogens with one attached hydrogen (secondary N) is 1. The molecule has 1 aromatic carbocycles. The molecule has 0 saturated heterocycles. The van der Waals surface area contributed by atoms with E-state index in [4.69, 9.17) is 0 Å². The van der Waals surface area contributed by atoms with Gasteiger partial charge in [0.2, 0.25) is 0 Å². The second-order valence-corrected chi connectivity index (χ2v) is 4.63. The lowest BCUT2D eigenvalue weighted by molar-refractivity contribution is 0.455. The van der Waals surface area contributed by atoms with Gasteiger partial charge in [-0.15, -0.1) is 6.58 Å². The molecule has 1 nitrogen and oxygen atoms in total. The maximum atomic E-state index is 3.79. The van der Waals surface area contributed by atoms with Gasteiger partial charge in [-0.3, -0.25) is 0 Å². The second-order valence-electron chi connectivity index (χ2n) is 4.63. The van der Waals surface area contributed by atoms with Crippen molar-refractivity contribution in [3.63, 3.8) is 0 Å². The third-order valence-corrected chi connectivity index (χ3v) is 2.63. The van der Waals surface area contributed by atoms with Gasteiger partial charge in [0.1, 0.15) is 0 Å². The Balaban J connectivity index is 2.59. The van der Waals surface area contributed by atoms with Crippen LogP contribution in [0.3, 0.4) is 0 Å². The average molecular weight is 217 g/mol. The van der Waals surface area contributed by atoms with Crippen LogP contribution in [0.2, 0.25) is 0 Å². The maximum Gasteiger partial charge on any atom is 0.0323 e. The largest absolute Gasteiger partial charge is 0.310 e. The SMILES string of the molecule is C=CCCC(NCC(C)C)c1ccccc1. The Bertz CT molecular complexity index is 290. The quantitative estimate of drug-likeness (QED) is 0.682. The topological polar surface area (TPSA) is 12.0 Å². The molecular formula is C15H23N. The molecule has 0 aliphatic rings. The van der Waals surface area contributed by atoms with Crippen molar-refractivity contribution < 1.29 is 0 Å². The van der Waals surface area contributed by atoms with Crippen LogP contribution in [-0.4, -0.2) is 6.54 Å². The van der Waals surface area contributed by atoms with Crippen LogP contribution in [0.25, 0.3) is 0 Å². The molecular weight excluding hydrogens is 194 g/mol. The molecule has 0 fully saturated rings. The van der Waals surface area contributed by atoms with Gasteiger partial charge in [0.15, 0.2) is 0 Å². The fourth-order valence-corrected chi connectivity index (χ4v) is 1.73. The molecule has 1 N–H and O–H groups in total. The van der Waals surface area contributed by atoms with Crippen LogP contribution in [0.5, 0.6) is 0 Å². The normalized spacial score (nSPS) is 12.7. The van der Waals surface area contributed by atoms with Gasteiger partial charge in [0.05, 0.1) is 0 Å². The van der Waals surface area contributed by atoms with Crippen molar-refractivity contribution in [1.82, 2.24) is 5.32 Å². The fourth-order valence-electron chi connectivity index (χ4n) is 1.73. The lowest BCUT2D eigenvalue weighted by atomic mass is 10.0. The summed E-state index contributed by atoms with van der Waals surface area (Å²) in [7, 11) is 0. The highest BCUT2D eigenvalue weighted by atomic mass is 14.9. The van der Waals surface area contributed by atoms with E-state index in [0.29, 0.717) is 12.0 Å². The van der Waals surface area contributed by atoms with Gasteiger partial charge in [-0.1, -0.05) is 50.3 Å². The highest BCUT2D eigenvalue weighted by molar-refractivity contribution is 5.18. The van der Waals surface area contributed by atoms with Crippen LogP contribution in [0.4, 0.5) is 0 Å². The van der Waals surface area contributed by atoms with Crippen LogP contribution >= 0.6 is 0 Å². The Morgan fingerprint density at radius 1 is 1.25 bits per heavy atom. The van der Waals surface area contributed by atoms with E-state index in [1.54, 1.807) is 0 Å². The van der Waals surface area contributed by atoms with Crippen molar-refractivity contribution in [2.24, 2.45) is 5.92 Å². The number of rotatable bonds is 7. The molecule has 16 heavy (non-hydrogen) atoms. The van der Waals surface area contributed by atoms with E-state index in [9.17, 15) is 0 Å². The van der Waals surface area contributed by atoms with E-state index in [1.807, 2.05) is 6.08 Å². The zero-order chi connectivity index (χ0) is 11.8. The Morgan fingerprint density at radius 3 is 2.50 bits per heavy atom. The standard InChI is InChI=1S/C15H23N/c1-4-5-11-15(16-12-13(2)3)14-9-7-6-8-10-14/h4,6-10,13,15-16H,1,5,11-12H2,2-3H3. The minimum atomic E-state index is 0.460. The zero-order valence-corrected chi connectivity index (χ0v) is 10.4.